The van der Waals surface area contributed by atoms with Gasteiger partial charge in [-0.25, -0.2) is 0 Å². The summed E-state index contributed by atoms with van der Waals surface area (Å²) < 4.78 is 5.71. The number of hydrogen-bond donors (Lipinski definition) is 1. The molecule has 0 saturated carbocycles. The average molecular weight is 311 g/mol. The van der Waals surface area contributed by atoms with Crippen molar-refractivity contribution in [1.82, 2.24) is 4.90 Å². The SMILES string of the molecule is CC(Oc1cccc(Cl)c1)C(=O)N1CCCC(CCN)C1. The molecule has 0 aromatic heterocycles. The van der Waals surface area contributed by atoms with Gasteiger partial charge < -0.3 is 15.4 Å². The van der Waals surface area contributed by atoms with Gasteiger partial charge in [0.1, 0.15) is 5.75 Å². The van der Waals surface area contributed by atoms with Gasteiger partial charge in [-0.1, -0.05) is 17.7 Å². The van der Waals surface area contributed by atoms with E-state index in [9.17, 15) is 4.79 Å². The van der Waals surface area contributed by atoms with Gasteiger partial charge in [-0.15, -0.1) is 0 Å². The van der Waals surface area contributed by atoms with Gasteiger partial charge in [0.15, 0.2) is 6.10 Å². The van der Waals surface area contributed by atoms with Crippen molar-refractivity contribution < 1.29 is 9.53 Å². The molecular weight excluding hydrogens is 288 g/mol. The van der Waals surface area contributed by atoms with Gasteiger partial charge in [0.05, 0.1) is 0 Å². The van der Waals surface area contributed by atoms with Gasteiger partial charge in [-0.3, -0.25) is 4.79 Å². The van der Waals surface area contributed by atoms with E-state index < -0.39 is 6.10 Å². The van der Waals surface area contributed by atoms with E-state index in [-0.39, 0.29) is 5.91 Å². The first-order valence-corrected chi connectivity index (χ1v) is 7.89. The second-order valence-electron chi connectivity index (χ2n) is 5.59. The highest BCUT2D eigenvalue weighted by molar-refractivity contribution is 6.30. The van der Waals surface area contributed by atoms with Gasteiger partial charge >= 0.3 is 0 Å². The quantitative estimate of drug-likeness (QED) is 0.909. The standard InChI is InChI=1S/C16H23ClN2O2/c1-12(21-15-6-2-5-14(17)10-15)16(20)19-9-3-4-13(11-19)7-8-18/h2,5-6,10,12-13H,3-4,7-9,11,18H2,1H3. The van der Waals surface area contributed by atoms with Crippen molar-refractivity contribution in [3.05, 3.63) is 29.3 Å². The molecule has 0 radical (unpaired) electrons. The molecule has 0 bridgehead atoms. The Labute approximate surface area is 131 Å². The predicted molar refractivity (Wildman–Crippen MR) is 84.5 cm³/mol. The fraction of sp³-hybridized carbons (Fsp3) is 0.562. The lowest BCUT2D eigenvalue weighted by molar-refractivity contribution is -0.139. The van der Waals surface area contributed by atoms with E-state index in [1.165, 1.54) is 0 Å². The summed E-state index contributed by atoms with van der Waals surface area (Å²) in [5, 5.41) is 0.605. The number of hydrogen-bond acceptors (Lipinski definition) is 3. The van der Waals surface area contributed by atoms with Crippen LogP contribution in [0.25, 0.3) is 0 Å². The topological polar surface area (TPSA) is 55.6 Å². The van der Waals surface area contributed by atoms with Gasteiger partial charge in [0.2, 0.25) is 0 Å². The number of halogens is 1. The molecule has 0 spiro atoms. The molecule has 21 heavy (non-hydrogen) atoms. The van der Waals surface area contributed by atoms with Crippen molar-refractivity contribution in [1.29, 1.82) is 0 Å². The van der Waals surface area contributed by atoms with Gasteiger partial charge in [-0.2, -0.15) is 0 Å². The van der Waals surface area contributed by atoms with E-state index in [0.717, 1.165) is 32.4 Å². The molecule has 1 heterocycles. The number of likely N-dealkylation sites (tertiary alicyclic amines) is 1. The largest absolute Gasteiger partial charge is 0.481 e. The highest BCUT2D eigenvalue weighted by Crippen LogP contribution is 2.22. The monoisotopic (exact) mass is 310 g/mol. The first-order valence-electron chi connectivity index (χ1n) is 7.51. The van der Waals surface area contributed by atoms with Crippen LogP contribution in [0.4, 0.5) is 0 Å². The number of carbonyl (C=O) groups is 1. The van der Waals surface area contributed by atoms with E-state index in [1.54, 1.807) is 19.1 Å². The lowest BCUT2D eigenvalue weighted by Crippen LogP contribution is -2.46. The van der Waals surface area contributed by atoms with E-state index >= 15 is 0 Å². The van der Waals surface area contributed by atoms with E-state index in [1.807, 2.05) is 17.0 Å². The molecule has 1 aliphatic heterocycles. The Balaban J connectivity index is 1.92. The number of rotatable bonds is 5. The molecule has 4 nitrogen and oxygen atoms in total. The van der Waals surface area contributed by atoms with Crippen LogP contribution in [0.5, 0.6) is 5.75 Å². The third-order valence-corrected chi connectivity index (χ3v) is 4.10. The Morgan fingerprint density at radius 1 is 1.57 bits per heavy atom. The zero-order valence-corrected chi connectivity index (χ0v) is 13.2. The summed E-state index contributed by atoms with van der Waals surface area (Å²) in [5.74, 6) is 1.18. The number of carbonyl (C=O) groups excluding carboxylic acids is 1. The van der Waals surface area contributed by atoms with E-state index in [4.69, 9.17) is 22.1 Å². The van der Waals surface area contributed by atoms with Gasteiger partial charge in [0, 0.05) is 18.1 Å². The second kappa shape index (κ2) is 7.66. The van der Waals surface area contributed by atoms with Crippen molar-refractivity contribution in [2.24, 2.45) is 11.7 Å². The van der Waals surface area contributed by atoms with E-state index in [0.29, 0.717) is 23.2 Å². The van der Waals surface area contributed by atoms with Crippen LogP contribution in [0.1, 0.15) is 26.2 Å². The van der Waals surface area contributed by atoms with Crippen LogP contribution >= 0.6 is 11.6 Å². The fourth-order valence-corrected chi connectivity index (χ4v) is 2.97. The molecule has 116 valence electrons. The third-order valence-electron chi connectivity index (χ3n) is 3.86. The number of amides is 1. The fourth-order valence-electron chi connectivity index (χ4n) is 2.79. The molecule has 2 atom stereocenters. The highest BCUT2D eigenvalue weighted by Gasteiger charge is 2.27. The first kappa shape index (κ1) is 16.1. The molecule has 1 aromatic carbocycles. The summed E-state index contributed by atoms with van der Waals surface area (Å²) in [6, 6.07) is 7.12. The van der Waals surface area contributed by atoms with Crippen LogP contribution in [0.2, 0.25) is 5.02 Å². The average Bonchev–Trinajstić information content (AvgIpc) is 2.47. The first-order chi connectivity index (χ1) is 10.1. The van der Waals surface area contributed by atoms with Gasteiger partial charge in [-0.05, 0) is 56.8 Å². The maximum absolute atomic E-state index is 12.5. The number of benzene rings is 1. The highest BCUT2D eigenvalue weighted by atomic mass is 35.5. The molecule has 2 unspecified atom stereocenters. The van der Waals surface area contributed by atoms with Crippen LogP contribution < -0.4 is 10.5 Å². The summed E-state index contributed by atoms with van der Waals surface area (Å²) in [6.07, 6.45) is 2.68. The molecule has 2 N–H and O–H groups in total. The molecule has 1 saturated heterocycles. The number of nitrogens with two attached hydrogens (primary N) is 1. The Bertz CT molecular complexity index is 479. The maximum Gasteiger partial charge on any atom is 0.263 e. The lowest BCUT2D eigenvalue weighted by atomic mass is 9.94. The Kier molecular flexibility index (Phi) is 5.88. The number of piperidine rings is 1. The van der Waals surface area contributed by atoms with Crippen LogP contribution in [-0.2, 0) is 4.79 Å². The smallest absolute Gasteiger partial charge is 0.263 e. The molecule has 0 aliphatic carbocycles. The van der Waals surface area contributed by atoms with Crippen LogP contribution in [0.15, 0.2) is 24.3 Å². The number of nitrogens with zero attached hydrogens (tertiary/aromatic N) is 1. The van der Waals surface area contributed by atoms with Crippen molar-refractivity contribution in [2.75, 3.05) is 19.6 Å². The molecule has 5 heteroatoms. The number of ether oxygens (including phenoxy) is 1. The van der Waals surface area contributed by atoms with Crippen LogP contribution in [0.3, 0.4) is 0 Å². The normalized spacial score (nSPS) is 20.1. The molecule has 1 amide bonds. The van der Waals surface area contributed by atoms with Crippen molar-refractivity contribution in [3.63, 3.8) is 0 Å². The van der Waals surface area contributed by atoms with Crippen LogP contribution in [0, 0.1) is 5.92 Å². The van der Waals surface area contributed by atoms with Crippen molar-refractivity contribution >= 4 is 17.5 Å². The van der Waals surface area contributed by atoms with Crippen molar-refractivity contribution in [2.45, 2.75) is 32.3 Å². The minimum absolute atomic E-state index is 0.0386. The zero-order chi connectivity index (χ0) is 15.2. The molecule has 1 aliphatic rings. The van der Waals surface area contributed by atoms with Crippen LogP contribution in [-0.4, -0.2) is 36.5 Å². The maximum atomic E-state index is 12.5. The summed E-state index contributed by atoms with van der Waals surface area (Å²) >= 11 is 5.92. The third kappa shape index (κ3) is 4.61. The summed E-state index contributed by atoms with van der Waals surface area (Å²) in [7, 11) is 0. The molecule has 2 rings (SSSR count). The van der Waals surface area contributed by atoms with Crippen molar-refractivity contribution in [3.8, 4) is 5.75 Å². The molecule has 1 fully saturated rings. The zero-order valence-electron chi connectivity index (χ0n) is 12.4. The Morgan fingerprint density at radius 3 is 3.10 bits per heavy atom. The summed E-state index contributed by atoms with van der Waals surface area (Å²) in [6.45, 7) is 4.07. The summed E-state index contributed by atoms with van der Waals surface area (Å²) in [5.41, 5.74) is 5.62. The minimum atomic E-state index is -0.500. The van der Waals surface area contributed by atoms with Gasteiger partial charge in [0.25, 0.3) is 5.91 Å². The molecule has 1 aromatic rings. The van der Waals surface area contributed by atoms with E-state index in [2.05, 4.69) is 0 Å². The molecular formula is C16H23ClN2O2. The lowest BCUT2D eigenvalue weighted by Gasteiger charge is -2.34. The second-order valence-corrected chi connectivity index (χ2v) is 6.02. The Hall–Kier alpha value is -1.26. The Morgan fingerprint density at radius 2 is 2.38 bits per heavy atom. The minimum Gasteiger partial charge on any atom is -0.481 e. The summed E-state index contributed by atoms with van der Waals surface area (Å²) in [4.78, 5) is 14.4. The predicted octanol–water partition coefficient (Wildman–Crippen LogP) is 2.69.